The van der Waals surface area contributed by atoms with Crippen molar-refractivity contribution in [1.29, 1.82) is 0 Å². The van der Waals surface area contributed by atoms with Gasteiger partial charge in [-0.25, -0.2) is 0 Å². The minimum atomic E-state index is -0.651. The number of nitrogens with two attached hydrogens (primary N) is 1. The van der Waals surface area contributed by atoms with Crippen LogP contribution in [-0.2, 0) is 11.3 Å². The van der Waals surface area contributed by atoms with E-state index in [-0.39, 0.29) is 5.91 Å². The summed E-state index contributed by atoms with van der Waals surface area (Å²) < 4.78 is 5.10. The van der Waals surface area contributed by atoms with Gasteiger partial charge in [0.05, 0.1) is 12.2 Å². The number of aromatic nitrogens is 1. The standard InChI is InChI=1S/C15H19N3O2/c1-10-13(11(2)20-17-10)9-18(3)15(19)14(16)12-7-5-4-6-8-12/h4-8,14H,9,16H2,1-3H3/t14-/m1/s1. The van der Waals surface area contributed by atoms with E-state index in [1.54, 1.807) is 11.9 Å². The van der Waals surface area contributed by atoms with Gasteiger partial charge in [0.15, 0.2) is 0 Å². The summed E-state index contributed by atoms with van der Waals surface area (Å²) in [5, 5.41) is 3.89. The third kappa shape index (κ3) is 2.88. The maximum Gasteiger partial charge on any atom is 0.244 e. The van der Waals surface area contributed by atoms with Crippen LogP contribution in [0.5, 0.6) is 0 Å². The van der Waals surface area contributed by atoms with Gasteiger partial charge < -0.3 is 15.2 Å². The minimum Gasteiger partial charge on any atom is -0.361 e. The molecule has 0 aliphatic rings. The average Bonchev–Trinajstić information content (AvgIpc) is 2.78. The number of aryl methyl sites for hydroxylation is 2. The summed E-state index contributed by atoms with van der Waals surface area (Å²) in [5.74, 6) is 0.603. The molecule has 0 aliphatic carbocycles. The molecule has 0 saturated carbocycles. The Balaban J connectivity index is 2.09. The van der Waals surface area contributed by atoms with Crippen LogP contribution < -0.4 is 5.73 Å². The summed E-state index contributed by atoms with van der Waals surface area (Å²) in [6, 6.07) is 8.70. The van der Waals surface area contributed by atoms with Crippen LogP contribution in [0.1, 0.15) is 28.6 Å². The second-order valence-corrected chi connectivity index (χ2v) is 4.89. The van der Waals surface area contributed by atoms with E-state index in [4.69, 9.17) is 10.3 Å². The number of nitrogens with zero attached hydrogens (tertiary/aromatic N) is 2. The van der Waals surface area contributed by atoms with Gasteiger partial charge in [0.25, 0.3) is 0 Å². The molecule has 0 bridgehead atoms. The summed E-state index contributed by atoms with van der Waals surface area (Å²) in [4.78, 5) is 13.9. The van der Waals surface area contributed by atoms with Crippen molar-refractivity contribution in [2.24, 2.45) is 5.73 Å². The first-order valence-corrected chi connectivity index (χ1v) is 6.48. The second-order valence-electron chi connectivity index (χ2n) is 4.89. The van der Waals surface area contributed by atoms with Crippen LogP contribution in [-0.4, -0.2) is 23.0 Å². The molecule has 0 radical (unpaired) electrons. The molecule has 0 aliphatic heterocycles. The predicted molar refractivity (Wildman–Crippen MR) is 75.8 cm³/mol. The van der Waals surface area contributed by atoms with E-state index in [0.717, 1.165) is 22.6 Å². The van der Waals surface area contributed by atoms with Crippen LogP contribution >= 0.6 is 0 Å². The van der Waals surface area contributed by atoms with Crippen molar-refractivity contribution in [3.8, 4) is 0 Å². The molecule has 0 saturated heterocycles. The smallest absolute Gasteiger partial charge is 0.244 e. The highest BCUT2D eigenvalue weighted by Gasteiger charge is 2.21. The maximum atomic E-state index is 12.3. The fourth-order valence-electron chi connectivity index (χ4n) is 2.08. The molecule has 5 nitrogen and oxygen atoms in total. The molecule has 0 fully saturated rings. The Labute approximate surface area is 118 Å². The third-order valence-corrected chi connectivity index (χ3v) is 3.38. The van der Waals surface area contributed by atoms with Crippen molar-refractivity contribution in [2.75, 3.05) is 7.05 Å². The Morgan fingerprint density at radius 3 is 2.55 bits per heavy atom. The van der Waals surface area contributed by atoms with Crippen LogP contribution in [0.2, 0.25) is 0 Å². The van der Waals surface area contributed by atoms with E-state index < -0.39 is 6.04 Å². The van der Waals surface area contributed by atoms with Crippen molar-refractivity contribution in [2.45, 2.75) is 26.4 Å². The van der Waals surface area contributed by atoms with Crippen molar-refractivity contribution in [3.05, 3.63) is 52.9 Å². The number of benzene rings is 1. The molecule has 5 heteroatoms. The normalized spacial score (nSPS) is 12.2. The summed E-state index contributed by atoms with van der Waals surface area (Å²) in [6.45, 7) is 4.15. The lowest BCUT2D eigenvalue weighted by atomic mass is 10.1. The van der Waals surface area contributed by atoms with Gasteiger partial charge in [-0.05, 0) is 19.4 Å². The highest BCUT2D eigenvalue weighted by molar-refractivity contribution is 5.82. The lowest BCUT2D eigenvalue weighted by molar-refractivity contribution is -0.132. The van der Waals surface area contributed by atoms with E-state index in [1.807, 2.05) is 44.2 Å². The van der Waals surface area contributed by atoms with Gasteiger partial charge in [-0.2, -0.15) is 0 Å². The van der Waals surface area contributed by atoms with Gasteiger partial charge in [-0.1, -0.05) is 35.5 Å². The lowest BCUT2D eigenvalue weighted by Gasteiger charge is -2.21. The molecule has 1 aromatic carbocycles. The number of amides is 1. The number of carbonyl (C=O) groups excluding carboxylic acids is 1. The first kappa shape index (κ1) is 14.3. The van der Waals surface area contributed by atoms with E-state index in [1.165, 1.54) is 0 Å². The Bertz CT molecular complexity index is 573. The maximum absolute atomic E-state index is 12.3. The van der Waals surface area contributed by atoms with Crippen LogP contribution in [0.25, 0.3) is 0 Å². The van der Waals surface area contributed by atoms with Crippen LogP contribution in [0.3, 0.4) is 0 Å². The van der Waals surface area contributed by atoms with Crippen LogP contribution in [0.15, 0.2) is 34.9 Å². The molecule has 2 aromatic rings. The number of hydrogen-bond donors (Lipinski definition) is 1. The number of carbonyl (C=O) groups is 1. The molecule has 1 atom stereocenters. The van der Waals surface area contributed by atoms with Gasteiger partial charge in [0.1, 0.15) is 11.8 Å². The fourth-order valence-corrected chi connectivity index (χ4v) is 2.08. The van der Waals surface area contributed by atoms with Crippen molar-refractivity contribution in [3.63, 3.8) is 0 Å². The molecule has 1 amide bonds. The Morgan fingerprint density at radius 2 is 2.00 bits per heavy atom. The molecule has 20 heavy (non-hydrogen) atoms. The minimum absolute atomic E-state index is 0.129. The SMILES string of the molecule is Cc1noc(C)c1CN(C)C(=O)[C@H](N)c1ccccc1. The highest BCUT2D eigenvalue weighted by Crippen LogP contribution is 2.17. The van der Waals surface area contributed by atoms with Gasteiger partial charge in [-0.3, -0.25) is 4.79 Å². The average molecular weight is 273 g/mol. The van der Waals surface area contributed by atoms with Gasteiger partial charge in [-0.15, -0.1) is 0 Å². The van der Waals surface area contributed by atoms with E-state index in [0.29, 0.717) is 6.54 Å². The monoisotopic (exact) mass is 273 g/mol. The van der Waals surface area contributed by atoms with Crippen LogP contribution in [0.4, 0.5) is 0 Å². The number of hydrogen-bond acceptors (Lipinski definition) is 4. The number of likely N-dealkylation sites (N-methyl/N-ethyl adjacent to an activating group) is 1. The lowest BCUT2D eigenvalue weighted by Crippen LogP contribution is -2.35. The fraction of sp³-hybridized carbons (Fsp3) is 0.333. The van der Waals surface area contributed by atoms with Crippen LogP contribution in [0, 0.1) is 13.8 Å². The zero-order chi connectivity index (χ0) is 14.7. The molecule has 2 N–H and O–H groups in total. The predicted octanol–water partition coefficient (Wildman–Crippen LogP) is 1.95. The molecule has 106 valence electrons. The second kappa shape index (κ2) is 5.88. The molecule has 1 heterocycles. The first-order valence-electron chi connectivity index (χ1n) is 6.48. The van der Waals surface area contributed by atoms with Crippen molar-refractivity contribution < 1.29 is 9.32 Å². The Morgan fingerprint density at radius 1 is 1.35 bits per heavy atom. The summed E-state index contributed by atoms with van der Waals surface area (Å²) in [5.41, 5.74) is 8.56. The summed E-state index contributed by atoms with van der Waals surface area (Å²) in [6.07, 6.45) is 0. The molecule has 2 rings (SSSR count). The van der Waals surface area contributed by atoms with E-state index in [2.05, 4.69) is 5.16 Å². The molecular weight excluding hydrogens is 254 g/mol. The zero-order valence-electron chi connectivity index (χ0n) is 12.0. The first-order chi connectivity index (χ1) is 9.50. The molecule has 0 spiro atoms. The quantitative estimate of drug-likeness (QED) is 0.924. The van der Waals surface area contributed by atoms with Gasteiger partial charge >= 0.3 is 0 Å². The highest BCUT2D eigenvalue weighted by atomic mass is 16.5. The topological polar surface area (TPSA) is 72.4 Å². The largest absolute Gasteiger partial charge is 0.361 e. The Hall–Kier alpha value is -2.14. The van der Waals surface area contributed by atoms with E-state index in [9.17, 15) is 4.79 Å². The summed E-state index contributed by atoms with van der Waals surface area (Å²) >= 11 is 0. The van der Waals surface area contributed by atoms with Crippen molar-refractivity contribution in [1.82, 2.24) is 10.1 Å². The molecule has 1 aromatic heterocycles. The third-order valence-electron chi connectivity index (χ3n) is 3.38. The zero-order valence-corrected chi connectivity index (χ0v) is 12.0. The summed E-state index contributed by atoms with van der Waals surface area (Å²) in [7, 11) is 1.73. The van der Waals surface area contributed by atoms with E-state index >= 15 is 0 Å². The molecular formula is C15H19N3O2. The number of rotatable bonds is 4. The van der Waals surface area contributed by atoms with Gasteiger partial charge in [0.2, 0.25) is 5.91 Å². The molecule has 0 unspecified atom stereocenters. The Kier molecular flexibility index (Phi) is 4.20. The van der Waals surface area contributed by atoms with Gasteiger partial charge in [0, 0.05) is 12.6 Å². The van der Waals surface area contributed by atoms with Crippen molar-refractivity contribution >= 4 is 5.91 Å².